The Morgan fingerprint density at radius 1 is 1.25 bits per heavy atom. The maximum absolute atomic E-state index is 4.35. The average molecular weight is 219 g/mol. The van der Waals surface area contributed by atoms with Gasteiger partial charge in [-0.15, -0.1) is 0 Å². The van der Waals surface area contributed by atoms with Crippen LogP contribution < -0.4 is 4.90 Å². The summed E-state index contributed by atoms with van der Waals surface area (Å²) in [6.07, 6.45) is 5.60. The number of H-pyrrole nitrogens is 1. The third kappa shape index (κ3) is 1.98. The van der Waals surface area contributed by atoms with Gasteiger partial charge in [-0.25, -0.2) is 15.0 Å². The number of hydrogen-bond acceptors (Lipinski definition) is 4. The zero-order valence-corrected chi connectivity index (χ0v) is 9.77. The summed E-state index contributed by atoms with van der Waals surface area (Å²) in [4.78, 5) is 18.0. The molecule has 0 fully saturated rings. The Morgan fingerprint density at radius 3 is 2.88 bits per heavy atom. The summed E-state index contributed by atoms with van der Waals surface area (Å²) in [6.45, 7) is 6.31. The zero-order chi connectivity index (χ0) is 11.4. The van der Waals surface area contributed by atoms with E-state index < -0.39 is 0 Å². The van der Waals surface area contributed by atoms with Crippen LogP contribution in [0.2, 0.25) is 0 Å². The number of hydrogen-bond donors (Lipinski definition) is 1. The number of unbranched alkanes of at least 4 members (excludes halogenated alkanes) is 1. The second-order valence-corrected chi connectivity index (χ2v) is 3.73. The zero-order valence-electron chi connectivity index (χ0n) is 9.77. The molecule has 2 aromatic rings. The van der Waals surface area contributed by atoms with Crippen LogP contribution in [0.3, 0.4) is 0 Å². The van der Waals surface area contributed by atoms with Crippen molar-refractivity contribution in [2.45, 2.75) is 26.7 Å². The number of rotatable bonds is 5. The van der Waals surface area contributed by atoms with Crippen molar-refractivity contribution in [3.8, 4) is 0 Å². The molecule has 5 heteroatoms. The minimum atomic E-state index is 0.736. The van der Waals surface area contributed by atoms with Gasteiger partial charge >= 0.3 is 0 Å². The summed E-state index contributed by atoms with van der Waals surface area (Å²) in [5, 5.41) is 0. The van der Waals surface area contributed by atoms with E-state index in [-0.39, 0.29) is 0 Å². The van der Waals surface area contributed by atoms with Crippen molar-refractivity contribution in [3.63, 3.8) is 0 Å². The number of aromatic amines is 1. The number of nitrogens with one attached hydrogen (secondary N) is 1. The highest BCUT2D eigenvalue weighted by molar-refractivity contribution is 5.82. The van der Waals surface area contributed by atoms with E-state index in [1.165, 1.54) is 12.8 Å². The fraction of sp³-hybridized carbons (Fsp3) is 0.545. The molecule has 2 aromatic heterocycles. The van der Waals surface area contributed by atoms with Crippen molar-refractivity contribution in [1.82, 2.24) is 19.9 Å². The summed E-state index contributed by atoms with van der Waals surface area (Å²) in [7, 11) is 0. The van der Waals surface area contributed by atoms with Gasteiger partial charge in [-0.1, -0.05) is 13.3 Å². The van der Waals surface area contributed by atoms with Gasteiger partial charge < -0.3 is 9.88 Å². The first-order valence-corrected chi connectivity index (χ1v) is 5.75. The van der Waals surface area contributed by atoms with Gasteiger partial charge in [-0.3, -0.25) is 0 Å². The molecule has 0 aliphatic rings. The van der Waals surface area contributed by atoms with E-state index >= 15 is 0 Å². The van der Waals surface area contributed by atoms with Crippen LogP contribution in [0.4, 0.5) is 5.82 Å². The van der Waals surface area contributed by atoms with Gasteiger partial charge in [-0.05, 0) is 13.3 Å². The predicted octanol–water partition coefficient (Wildman–Crippen LogP) is 1.98. The fourth-order valence-corrected chi connectivity index (χ4v) is 1.75. The van der Waals surface area contributed by atoms with Crippen LogP contribution in [0.5, 0.6) is 0 Å². The Labute approximate surface area is 94.9 Å². The van der Waals surface area contributed by atoms with Crippen LogP contribution in [0, 0.1) is 0 Å². The molecule has 0 spiro atoms. The Balaban J connectivity index is 2.32. The molecule has 0 amide bonds. The van der Waals surface area contributed by atoms with E-state index in [2.05, 4.69) is 38.7 Å². The molecule has 0 radical (unpaired) electrons. The molecule has 2 heterocycles. The molecule has 0 aliphatic heterocycles. The largest absolute Gasteiger partial charge is 0.355 e. The molecule has 0 aromatic carbocycles. The third-order valence-electron chi connectivity index (χ3n) is 2.67. The lowest BCUT2D eigenvalue weighted by atomic mass is 10.3. The maximum atomic E-state index is 4.35. The normalized spacial score (nSPS) is 10.9. The van der Waals surface area contributed by atoms with Gasteiger partial charge in [0.05, 0.1) is 6.33 Å². The van der Waals surface area contributed by atoms with Crippen LogP contribution >= 0.6 is 0 Å². The molecule has 5 nitrogen and oxygen atoms in total. The first-order valence-electron chi connectivity index (χ1n) is 5.75. The maximum Gasteiger partial charge on any atom is 0.182 e. The highest BCUT2D eigenvalue weighted by Crippen LogP contribution is 2.19. The van der Waals surface area contributed by atoms with E-state index in [1.807, 2.05) is 0 Å². The molecule has 0 saturated heterocycles. The highest BCUT2D eigenvalue weighted by atomic mass is 15.2. The number of fused-ring (bicyclic) bond motifs is 1. The summed E-state index contributed by atoms with van der Waals surface area (Å²) >= 11 is 0. The molecule has 16 heavy (non-hydrogen) atoms. The van der Waals surface area contributed by atoms with Gasteiger partial charge in [0.25, 0.3) is 0 Å². The molecule has 0 saturated carbocycles. The fourth-order valence-electron chi connectivity index (χ4n) is 1.75. The van der Waals surface area contributed by atoms with Crippen LogP contribution in [0.25, 0.3) is 11.2 Å². The molecular formula is C11H17N5. The molecule has 0 atom stereocenters. The van der Waals surface area contributed by atoms with Crippen molar-refractivity contribution in [1.29, 1.82) is 0 Å². The van der Waals surface area contributed by atoms with Crippen LogP contribution in [-0.2, 0) is 0 Å². The monoisotopic (exact) mass is 219 g/mol. The number of anilines is 1. The van der Waals surface area contributed by atoms with E-state index in [0.29, 0.717) is 0 Å². The smallest absolute Gasteiger partial charge is 0.182 e. The lowest BCUT2D eigenvalue weighted by molar-refractivity contribution is 0.725. The van der Waals surface area contributed by atoms with Crippen molar-refractivity contribution in [2.24, 2.45) is 0 Å². The topological polar surface area (TPSA) is 57.7 Å². The molecule has 0 bridgehead atoms. The van der Waals surface area contributed by atoms with Crippen LogP contribution in [0.1, 0.15) is 26.7 Å². The van der Waals surface area contributed by atoms with Crippen molar-refractivity contribution in [2.75, 3.05) is 18.0 Å². The highest BCUT2D eigenvalue weighted by Gasteiger charge is 2.11. The van der Waals surface area contributed by atoms with Crippen molar-refractivity contribution in [3.05, 3.63) is 12.7 Å². The van der Waals surface area contributed by atoms with Crippen LogP contribution in [-0.4, -0.2) is 33.0 Å². The lowest BCUT2D eigenvalue weighted by Crippen LogP contribution is -2.25. The van der Waals surface area contributed by atoms with Gasteiger partial charge in [0.2, 0.25) is 0 Å². The molecule has 2 rings (SSSR count). The molecular weight excluding hydrogens is 202 g/mol. The minimum absolute atomic E-state index is 0.736. The second-order valence-electron chi connectivity index (χ2n) is 3.73. The second kappa shape index (κ2) is 4.92. The quantitative estimate of drug-likeness (QED) is 0.835. The first-order chi connectivity index (χ1) is 7.86. The predicted molar refractivity (Wildman–Crippen MR) is 64.5 cm³/mol. The SMILES string of the molecule is CCCCN(CC)c1ncnc2nc[nH]c12. The van der Waals surface area contributed by atoms with E-state index in [9.17, 15) is 0 Å². The average Bonchev–Trinajstić information content (AvgIpc) is 2.78. The Morgan fingerprint density at radius 2 is 2.12 bits per heavy atom. The standard InChI is InChI=1S/C11H17N5/c1-3-5-6-16(4-2)11-9-10(13-7-12-9)14-8-15-11/h7-8H,3-6H2,1-2H3,(H,12,13,14,15). The van der Waals surface area contributed by atoms with Gasteiger partial charge in [0.1, 0.15) is 11.8 Å². The van der Waals surface area contributed by atoms with Gasteiger partial charge in [0.15, 0.2) is 11.5 Å². The Kier molecular flexibility index (Phi) is 3.34. The van der Waals surface area contributed by atoms with E-state index in [0.717, 1.165) is 30.1 Å². The summed E-state index contributed by atoms with van der Waals surface area (Å²) in [5.74, 6) is 0.957. The molecule has 86 valence electrons. The molecule has 0 unspecified atom stereocenters. The molecule has 0 aliphatic carbocycles. The van der Waals surface area contributed by atoms with Crippen molar-refractivity contribution >= 4 is 17.0 Å². The Hall–Kier alpha value is -1.65. The number of imidazole rings is 1. The van der Waals surface area contributed by atoms with E-state index in [4.69, 9.17) is 0 Å². The Bertz CT molecular complexity index is 450. The summed E-state index contributed by atoms with van der Waals surface area (Å²) < 4.78 is 0. The minimum Gasteiger partial charge on any atom is -0.355 e. The third-order valence-corrected chi connectivity index (χ3v) is 2.67. The number of aromatic nitrogens is 4. The molecule has 1 N–H and O–H groups in total. The van der Waals surface area contributed by atoms with Gasteiger partial charge in [-0.2, -0.15) is 0 Å². The lowest BCUT2D eigenvalue weighted by Gasteiger charge is -2.21. The first kappa shape index (κ1) is 10.9. The van der Waals surface area contributed by atoms with Gasteiger partial charge in [0, 0.05) is 13.1 Å². The number of nitrogens with zero attached hydrogens (tertiary/aromatic N) is 4. The van der Waals surface area contributed by atoms with Crippen LogP contribution in [0.15, 0.2) is 12.7 Å². The van der Waals surface area contributed by atoms with E-state index in [1.54, 1.807) is 12.7 Å². The summed E-state index contributed by atoms with van der Waals surface area (Å²) in [6, 6.07) is 0. The van der Waals surface area contributed by atoms with Crippen molar-refractivity contribution < 1.29 is 0 Å². The summed E-state index contributed by atoms with van der Waals surface area (Å²) in [5.41, 5.74) is 1.67.